The Bertz CT molecular complexity index is 1290. The number of fused-ring (bicyclic) bond motifs is 1. The van der Waals surface area contributed by atoms with Gasteiger partial charge in [-0.15, -0.1) is 0 Å². The maximum absolute atomic E-state index is 13.6. The van der Waals surface area contributed by atoms with E-state index in [1.807, 2.05) is 0 Å². The predicted molar refractivity (Wildman–Crippen MR) is 121 cm³/mol. The molecule has 0 fully saturated rings. The summed E-state index contributed by atoms with van der Waals surface area (Å²) < 4.78 is 64.8. The lowest BCUT2D eigenvalue weighted by molar-refractivity contribution is -0.136. The first-order valence-corrected chi connectivity index (χ1v) is 10.4. The zero-order valence-electron chi connectivity index (χ0n) is 18.0. The first-order valence-electron chi connectivity index (χ1n) is 10.4. The molecule has 180 valence electrons. The maximum Gasteiger partial charge on any atom is 0.418 e. The van der Waals surface area contributed by atoms with Crippen molar-refractivity contribution in [3.05, 3.63) is 89.2 Å². The first kappa shape index (κ1) is 23.8. The Morgan fingerprint density at radius 2 is 1.57 bits per heavy atom. The second-order valence-corrected chi connectivity index (χ2v) is 7.44. The third-order valence-electron chi connectivity index (χ3n) is 4.94. The molecule has 1 aliphatic heterocycles. The van der Waals surface area contributed by atoms with Crippen molar-refractivity contribution in [2.45, 2.75) is 6.18 Å². The van der Waals surface area contributed by atoms with Crippen molar-refractivity contribution in [2.75, 3.05) is 23.8 Å². The Kier molecular flexibility index (Phi) is 6.72. The van der Waals surface area contributed by atoms with Gasteiger partial charge < -0.3 is 20.1 Å². The molecule has 0 saturated heterocycles. The van der Waals surface area contributed by atoms with Gasteiger partial charge in [0.05, 0.1) is 11.3 Å². The molecule has 2 N–H and O–H groups in total. The highest BCUT2D eigenvalue weighted by Crippen LogP contribution is 2.37. The van der Waals surface area contributed by atoms with Gasteiger partial charge in [-0.2, -0.15) is 13.2 Å². The van der Waals surface area contributed by atoms with E-state index in [9.17, 15) is 27.2 Å². The van der Waals surface area contributed by atoms with Gasteiger partial charge in [0.2, 0.25) is 5.91 Å². The maximum atomic E-state index is 13.6. The minimum Gasteiger partial charge on any atom is -0.486 e. The molecule has 3 aromatic carbocycles. The zero-order valence-corrected chi connectivity index (χ0v) is 18.0. The van der Waals surface area contributed by atoms with Crippen molar-refractivity contribution < 1.29 is 36.6 Å². The number of alkyl halides is 3. The largest absolute Gasteiger partial charge is 0.486 e. The normalized spacial score (nSPS) is 12.9. The van der Waals surface area contributed by atoms with Gasteiger partial charge in [-0.25, -0.2) is 4.39 Å². The fourth-order valence-corrected chi connectivity index (χ4v) is 3.28. The Morgan fingerprint density at radius 3 is 2.29 bits per heavy atom. The second-order valence-electron chi connectivity index (χ2n) is 7.44. The Hall–Kier alpha value is -4.34. The van der Waals surface area contributed by atoms with Crippen molar-refractivity contribution in [1.82, 2.24) is 0 Å². The summed E-state index contributed by atoms with van der Waals surface area (Å²) in [5, 5.41) is 4.54. The minimum atomic E-state index is -4.81. The van der Waals surface area contributed by atoms with Crippen LogP contribution in [0.25, 0.3) is 6.08 Å². The van der Waals surface area contributed by atoms with E-state index in [4.69, 9.17) is 9.47 Å². The van der Waals surface area contributed by atoms with Crippen molar-refractivity contribution >= 4 is 29.3 Å². The molecule has 6 nitrogen and oxygen atoms in total. The molecule has 3 aromatic rings. The molecule has 2 amide bonds. The highest BCUT2D eigenvalue weighted by molar-refractivity contribution is 6.05. The fourth-order valence-electron chi connectivity index (χ4n) is 3.28. The quantitative estimate of drug-likeness (QED) is 0.368. The van der Waals surface area contributed by atoms with Crippen LogP contribution in [-0.4, -0.2) is 25.0 Å². The number of hydrogen-bond acceptors (Lipinski definition) is 4. The number of amides is 2. The molecular formula is C25H18F4N2O4. The Balaban J connectivity index is 1.48. The molecule has 4 rings (SSSR count). The van der Waals surface area contributed by atoms with Crippen LogP contribution in [0.2, 0.25) is 0 Å². The SMILES string of the molecule is O=C(/C=C/c1ccc2c(c1)OCCO2)Nc1ccc(NC(=O)c2ccc(F)cc2)cc1C(F)(F)F. The van der Waals surface area contributed by atoms with E-state index in [-0.39, 0.29) is 11.3 Å². The van der Waals surface area contributed by atoms with Crippen LogP contribution in [0, 0.1) is 5.82 Å². The fraction of sp³-hybridized carbons (Fsp3) is 0.120. The molecule has 0 radical (unpaired) electrons. The number of rotatable bonds is 5. The lowest BCUT2D eigenvalue weighted by atomic mass is 10.1. The zero-order chi connectivity index (χ0) is 25.0. The second kappa shape index (κ2) is 9.88. The average molecular weight is 486 g/mol. The molecule has 0 atom stereocenters. The van der Waals surface area contributed by atoms with Crippen LogP contribution in [-0.2, 0) is 11.0 Å². The van der Waals surface area contributed by atoms with E-state index in [1.54, 1.807) is 18.2 Å². The number of carbonyl (C=O) groups excluding carboxylic acids is 2. The molecule has 0 unspecified atom stereocenters. The minimum absolute atomic E-state index is 0.0709. The predicted octanol–water partition coefficient (Wildman–Crippen LogP) is 5.52. The monoisotopic (exact) mass is 486 g/mol. The van der Waals surface area contributed by atoms with E-state index in [2.05, 4.69) is 10.6 Å². The first-order chi connectivity index (χ1) is 16.7. The molecule has 10 heteroatoms. The summed E-state index contributed by atoms with van der Waals surface area (Å²) in [4.78, 5) is 24.6. The number of carbonyl (C=O) groups is 2. The molecule has 0 bridgehead atoms. The van der Waals surface area contributed by atoms with Gasteiger partial charge in [0.1, 0.15) is 19.0 Å². The third-order valence-corrected chi connectivity index (χ3v) is 4.94. The molecule has 35 heavy (non-hydrogen) atoms. The van der Waals surface area contributed by atoms with Crippen LogP contribution < -0.4 is 20.1 Å². The molecule has 0 aromatic heterocycles. The van der Waals surface area contributed by atoms with Crippen molar-refractivity contribution in [3.8, 4) is 11.5 Å². The van der Waals surface area contributed by atoms with Gasteiger partial charge in [0.15, 0.2) is 11.5 Å². The van der Waals surface area contributed by atoms with Crippen LogP contribution >= 0.6 is 0 Å². The Labute approximate surface area is 197 Å². The molecule has 0 saturated carbocycles. The summed E-state index contributed by atoms with van der Waals surface area (Å²) >= 11 is 0. The summed E-state index contributed by atoms with van der Waals surface area (Å²) in [5.41, 5.74) is -1.10. The molecular weight excluding hydrogens is 468 g/mol. The van der Waals surface area contributed by atoms with E-state index in [0.717, 1.165) is 24.3 Å². The number of halogens is 4. The lowest BCUT2D eigenvalue weighted by Crippen LogP contribution is -2.17. The average Bonchev–Trinajstić information content (AvgIpc) is 2.83. The van der Waals surface area contributed by atoms with Gasteiger partial charge in [0.25, 0.3) is 5.91 Å². The van der Waals surface area contributed by atoms with Crippen LogP contribution in [0.3, 0.4) is 0 Å². The highest BCUT2D eigenvalue weighted by Gasteiger charge is 2.34. The summed E-state index contributed by atoms with van der Waals surface area (Å²) in [5.74, 6) is -0.967. The topological polar surface area (TPSA) is 76.7 Å². The number of anilines is 2. The van der Waals surface area contributed by atoms with E-state index in [1.165, 1.54) is 24.3 Å². The van der Waals surface area contributed by atoms with E-state index in [0.29, 0.717) is 36.3 Å². The van der Waals surface area contributed by atoms with Gasteiger partial charge >= 0.3 is 6.18 Å². The van der Waals surface area contributed by atoms with Gasteiger partial charge in [-0.05, 0) is 66.2 Å². The molecule has 0 spiro atoms. The van der Waals surface area contributed by atoms with E-state index < -0.39 is 35.1 Å². The van der Waals surface area contributed by atoms with Crippen molar-refractivity contribution in [2.24, 2.45) is 0 Å². The summed E-state index contributed by atoms with van der Waals surface area (Å²) in [6.07, 6.45) is -2.29. The smallest absolute Gasteiger partial charge is 0.418 e. The highest BCUT2D eigenvalue weighted by atomic mass is 19.4. The van der Waals surface area contributed by atoms with Crippen LogP contribution in [0.4, 0.5) is 28.9 Å². The number of hydrogen-bond donors (Lipinski definition) is 2. The third kappa shape index (κ3) is 5.97. The summed E-state index contributed by atoms with van der Waals surface area (Å²) in [6, 6.07) is 12.5. The number of nitrogens with one attached hydrogen (secondary N) is 2. The Morgan fingerprint density at radius 1 is 0.857 bits per heavy atom. The standard InChI is InChI=1S/C25H18F4N2O4/c26-17-5-3-16(4-6-17)24(33)30-18-7-8-20(19(14-18)25(27,28)29)31-23(32)10-2-15-1-9-21-22(13-15)35-12-11-34-21/h1-10,13-14H,11-12H2,(H,30,33)(H,31,32)/b10-2+. The van der Waals surface area contributed by atoms with Gasteiger partial charge in [0, 0.05) is 17.3 Å². The van der Waals surface area contributed by atoms with Crippen LogP contribution in [0.5, 0.6) is 11.5 Å². The van der Waals surface area contributed by atoms with Crippen molar-refractivity contribution in [3.63, 3.8) is 0 Å². The number of ether oxygens (including phenoxy) is 2. The summed E-state index contributed by atoms with van der Waals surface area (Å²) in [6.45, 7) is 0.821. The number of benzene rings is 3. The van der Waals surface area contributed by atoms with E-state index >= 15 is 0 Å². The van der Waals surface area contributed by atoms with Crippen LogP contribution in [0.1, 0.15) is 21.5 Å². The molecule has 1 heterocycles. The lowest BCUT2D eigenvalue weighted by Gasteiger charge is -2.18. The molecule has 0 aliphatic carbocycles. The summed E-state index contributed by atoms with van der Waals surface area (Å²) in [7, 11) is 0. The van der Waals surface area contributed by atoms with Crippen LogP contribution in [0.15, 0.2) is 66.7 Å². The van der Waals surface area contributed by atoms with Gasteiger partial charge in [-0.3, -0.25) is 9.59 Å². The van der Waals surface area contributed by atoms with Crippen molar-refractivity contribution in [1.29, 1.82) is 0 Å². The molecule has 1 aliphatic rings. The van der Waals surface area contributed by atoms with Gasteiger partial charge in [-0.1, -0.05) is 6.07 Å².